The summed E-state index contributed by atoms with van der Waals surface area (Å²) in [6.45, 7) is 0.271. The van der Waals surface area contributed by atoms with Crippen LogP contribution < -0.4 is 11.1 Å². The highest BCUT2D eigenvalue weighted by atomic mass is 16.3. The minimum absolute atomic E-state index is 0.134. The van der Waals surface area contributed by atoms with Crippen molar-refractivity contribution in [2.45, 2.75) is 6.42 Å². The van der Waals surface area contributed by atoms with Crippen molar-refractivity contribution in [3.63, 3.8) is 0 Å². The van der Waals surface area contributed by atoms with Gasteiger partial charge in [-0.1, -0.05) is 6.07 Å². The molecule has 0 aliphatic rings. The maximum Gasteiger partial charge on any atom is 0.257 e. The average Bonchev–Trinajstić information content (AvgIpc) is 2.37. The van der Waals surface area contributed by atoms with Gasteiger partial charge in [0.15, 0.2) is 5.75 Å². The second-order valence-corrected chi connectivity index (χ2v) is 3.89. The summed E-state index contributed by atoms with van der Waals surface area (Å²) in [5, 5.41) is 12.2. The molecule has 0 aliphatic heterocycles. The molecule has 0 aliphatic carbocycles. The Bertz CT molecular complexity index is 460. The van der Waals surface area contributed by atoms with Crippen molar-refractivity contribution in [2.75, 3.05) is 26.4 Å². The fraction of sp³-hybridized carbons (Fsp3) is 0.333. The SMILES string of the molecule is CNC(=O)CCN(C)C(=O)c1cccc(N)c1O. The molecule has 0 unspecified atom stereocenters. The first kappa shape index (κ1) is 13.8. The molecular weight excluding hydrogens is 234 g/mol. The van der Waals surface area contributed by atoms with E-state index in [0.717, 1.165) is 0 Å². The predicted molar refractivity (Wildman–Crippen MR) is 68.2 cm³/mol. The zero-order valence-electron chi connectivity index (χ0n) is 10.4. The Morgan fingerprint density at radius 1 is 1.44 bits per heavy atom. The van der Waals surface area contributed by atoms with E-state index in [2.05, 4.69) is 5.32 Å². The number of rotatable bonds is 4. The van der Waals surface area contributed by atoms with E-state index in [1.165, 1.54) is 24.1 Å². The Balaban J connectivity index is 2.74. The van der Waals surface area contributed by atoms with Crippen LogP contribution in [0.3, 0.4) is 0 Å². The molecule has 1 aromatic carbocycles. The maximum atomic E-state index is 12.0. The van der Waals surface area contributed by atoms with E-state index in [-0.39, 0.29) is 41.8 Å². The Labute approximate surface area is 105 Å². The number of carbonyl (C=O) groups excluding carboxylic acids is 2. The number of nitrogen functional groups attached to an aromatic ring is 1. The van der Waals surface area contributed by atoms with Crippen LogP contribution in [0.1, 0.15) is 16.8 Å². The average molecular weight is 251 g/mol. The van der Waals surface area contributed by atoms with Gasteiger partial charge in [-0.3, -0.25) is 9.59 Å². The fourth-order valence-corrected chi connectivity index (χ4v) is 1.44. The molecule has 0 atom stereocenters. The molecule has 0 bridgehead atoms. The minimum atomic E-state index is -0.372. The van der Waals surface area contributed by atoms with Crippen LogP contribution in [0.5, 0.6) is 5.75 Å². The second kappa shape index (κ2) is 5.90. The zero-order chi connectivity index (χ0) is 13.7. The van der Waals surface area contributed by atoms with Gasteiger partial charge in [0.05, 0.1) is 11.3 Å². The van der Waals surface area contributed by atoms with Crippen LogP contribution in [0.2, 0.25) is 0 Å². The predicted octanol–water partition coefficient (Wildman–Crippen LogP) is 0.182. The highest BCUT2D eigenvalue weighted by Crippen LogP contribution is 2.25. The molecule has 1 rings (SSSR count). The van der Waals surface area contributed by atoms with Gasteiger partial charge in [0.2, 0.25) is 5.91 Å². The van der Waals surface area contributed by atoms with Gasteiger partial charge in [0.25, 0.3) is 5.91 Å². The first-order chi connectivity index (χ1) is 8.47. The molecule has 98 valence electrons. The van der Waals surface area contributed by atoms with Crippen LogP contribution in [0, 0.1) is 0 Å². The van der Waals surface area contributed by atoms with Crippen LogP contribution in [0.25, 0.3) is 0 Å². The number of aromatic hydroxyl groups is 1. The number of anilines is 1. The summed E-state index contributed by atoms with van der Waals surface area (Å²) in [5.74, 6) is -0.746. The van der Waals surface area contributed by atoms with Crippen molar-refractivity contribution < 1.29 is 14.7 Å². The molecule has 18 heavy (non-hydrogen) atoms. The Morgan fingerprint density at radius 2 is 2.11 bits per heavy atom. The monoisotopic (exact) mass is 251 g/mol. The van der Waals surface area contributed by atoms with Gasteiger partial charge in [0.1, 0.15) is 0 Å². The largest absolute Gasteiger partial charge is 0.505 e. The first-order valence-corrected chi connectivity index (χ1v) is 5.51. The highest BCUT2D eigenvalue weighted by molar-refractivity contribution is 5.98. The van der Waals surface area contributed by atoms with E-state index in [1.54, 1.807) is 13.1 Å². The standard InChI is InChI=1S/C12H17N3O3/c1-14-10(16)6-7-15(2)12(18)8-4-3-5-9(13)11(8)17/h3-5,17H,6-7,13H2,1-2H3,(H,14,16). The zero-order valence-corrected chi connectivity index (χ0v) is 10.4. The lowest BCUT2D eigenvalue weighted by Crippen LogP contribution is -2.31. The smallest absolute Gasteiger partial charge is 0.257 e. The van der Waals surface area contributed by atoms with Crippen molar-refractivity contribution in [3.05, 3.63) is 23.8 Å². The summed E-state index contributed by atoms with van der Waals surface area (Å²) in [4.78, 5) is 24.4. The van der Waals surface area contributed by atoms with Crippen molar-refractivity contribution in [1.82, 2.24) is 10.2 Å². The van der Waals surface area contributed by atoms with Gasteiger partial charge < -0.3 is 21.1 Å². The van der Waals surface area contributed by atoms with Crippen LogP contribution in [0.15, 0.2) is 18.2 Å². The Morgan fingerprint density at radius 3 is 2.72 bits per heavy atom. The van der Waals surface area contributed by atoms with Crippen LogP contribution in [-0.4, -0.2) is 42.5 Å². The van der Waals surface area contributed by atoms with Crippen LogP contribution >= 0.6 is 0 Å². The number of nitrogens with zero attached hydrogens (tertiary/aromatic N) is 1. The molecule has 0 radical (unpaired) electrons. The molecular formula is C12H17N3O3. The van der Waals surface area contributed by atoms with E-state index in [1.807, 2.05) is 0 Å². The molecule has 0 spiro atoms. The minimum Gasteiger partial charge on any atom is -0.505 e. The van der Waals surface area contributed by atoms with Crippen molar-refractivity contribution >= 4 is 17.5 Å². The molecule has 4 N–H and O–H groups in total. The highest BCUT2D eigenvalue weighted by Gasteiger charge is 2.17. The third-order valence-electron chi connectivity index (χ3n) is 2.60. The lowest BCUT2D eigenvalue weighted by atomic mass is 10.1. The lowest BCUT2D eigenvalue weighted by molar-refractivity contribution is -0.120. The van der Waals surface area contributed by atoms with E-state index in [0.29, 0.717) is 0 Å². The van der Waals surface area contributed by atoms with Gasteiger partial charge in [0, 0.05) is 27.1 Å². The third-order valence-corrected chi connectivity index (χ3v) is 2.60. The molecule has 0 aromatic heterocycles. The Kier molecular flexibility index (Phi) is 4.53. The summed E-state index contributed by atoms with van der Waals surface area (Å²) < 4.78 is 0. The number of hydrogen-bond donors (Lipinski definition) is 3. The van der Waals surface area contributed by atoms with Crippen LogP contribution in [-0.2, 0) is 4.79 Å². The van der Waals surface area contributed by atoms with Gasteiger partial charge >= 0.3 is 0 Å². The third kappa shape index (κ3) is 3.13. The number of benzene rings is 1. The summed E-state index contributed by atoms with van der Waals surface area (Å²) in [5.41, 5.74) is 5.80. The number of phenolic OH excluding ortho intramolecular Hbond substituents is 1. The lowest BCUT2D eigenvalue weighted by Gasteiger charge is -2.17. The van der Waals surface area contributed by atoms with E-state index in [9.17, 15) is 14.7 Å². The number of para-hydroxylation sites is 1. The summed E-state index contributed by atoms with van der Waals surface area (Å²) in [7, 11) is 3.10. The van der Waals surface area contributed by atoms with E-state index in [4.69, 9.17) is 5.73 Å². The van der Waals surface area contributed by atoms with E-state index < -0.39 is 0 Å². The van der Waals surface area contributed by atoms with Gasteiger partial charge in [-0.05, 0) is 12.1 Å². The number of phenols is 1. The topological polar surface area (TPSA) is 95.7 Å². The normalized spacial score (nSPS) is 9.89. The second-order valence-electron chi connectivity index (χ2n) is 3.89. The fourth-order valence-electron chi connectivity index (χ4n) is 1.44. The van der Waals surface area contributed by atoms with Crippen molar-refractivity contribution in [2.24, 2.45) is 0 Å². The summed E-state index contributed by atoms with van der Waals surface area (Å²) >= 11 is 0. The number of amides is 2. The van der Waals surface area contributed by atoms with Gasteiger partial charge in [-0.2, -0.15) is 0 Å². The van der Waals surface area contributed by atoms with Crippen molar-refractivity contribution in [3.8, 4) is 5.75 Å². The first-order valence-electron chi connectivity index (χ1n) is 5.51. The molecule has 0 saturated carbocycles. The number of carbonyl (C=O) groups is 2. The molecule has 6 nitrogen and oxygen atoms in total. The van der Waals surface area contributed by atoms with E-state index >= 15 is 0 Å². The molecule has 0 heterocycles. The number of nitrogens with one attached hydrogen (secondary N) is 1. The van der Waals surface area contributed by atoms with Gasteiger partial charge in [-0.25, -0.2) is 0 Å². The number of hydrogen-bond acceptors (Lipinski definition) is 4. The molecule has 6 heteroatoms. The Hall–Kier alpha value is -2.24. The van der Waals surface area contributed by atoms with Crippen molar-refractivity contribution in [1.29, 1.82) is 0 Å². The quantitative estimate of drug-likeness (QED) is 0.525. The summed E-state index contributed by atoms with van der Waals surface area (Å²) in [6.07, 6.45) is 0.210. The van der Waals surface area contributed by atoms with Crippen LogP contribution in [0.4, 0.5) is 5.69 Å². The molecule has 0 saturated heterocycles. The maximum absolute atomic E-state index is 12.0. The summed E-state index contributed by atoms with van der Waals surface area (Å²) in [6, 6.07) is 4.59. The molecule has 1 aromatic rings. The molecule has 0 fully saturated rings. The number of nitrogens with two attached hydrogens (primary N) is 1. The molecule has 2 amide bonds. The van der Waals surface area contributed by atoms with Gasteiger partial charge in [-0.15, -0.1) is 0 Å².